The second-order valence-electron chi connectivity index (χ2n) is 2.88. The van der Waals surface area contributed by atoms with Crippen LogP contribution < -0.4 is 5.73 Å². The Hall–Kier alpha value is -1.23. The molecule has 0 aliphatic carbocycles. The lowest BCUT2D eigenvalue weighted by Gasteiger charge is -2.14. The largest absolute Gasteiger partial charge is 0.468 e. The number of benzene rings is 1. The van der Waals surface area contributed by atoms with Crippen molar-refractivity contribution in [2.24, 2.45) is 0 Å². The predicted octanol–water partition coefficient (Wildman–Crippen LogP) is 1.98. The summed E-state index contributed by atoms with van der Waals surface area (Å²) in [6, 6.07) is 4.40. The van der Waals surface area contributed by atoms with Gasteiger partial charge in [0.05, 0.1) is 12.8 Å². The Labute approximate surface area is 91.8 Å². The minimum absolute atomic E-state index is 0.00208. The second kappa shape index (κ2) is 5.02. The first-order chi connectivity index (χ1) is 7.11. The molecular formula is C10H12FNO2S. The minimum atomic E-state index is -0.578. The highest BCUT2D eigenvalue weighted by atomic mass is 32.2. The van der Waals surface area contributed by atoms with E-state index in [4.69, 9.17) is 5.73 Å². The topological polar surface area (TPSA) is 52.3 Å². The van der Waals surface area contributed by atoms with Gasteiger partial charge in [-0.2, -0.15) is 0 Å². The van der Waals surface area contributed by atoms with Crippen molar-refractivity contribution in [3.05, 3.63) is 29.6 Å². The van der Waals surface area contributed by atoms with Crippen LogP contribution in [0, 0.1) is 5.82 Å². The third-order valence-electron chi connectivity index (χ3n) is 2.02. The molecule has 1 unspecified atom stereocenters. The van der Waals surface area contributed by atoms with E-state index in [9.17, 15) is 9.18 Å². The first-order valence-electron chi connectivity index (χ1n) is 4.26. The van der Waals surface area contributed by atoms with Crippen molar-refractivity contribution in [2.75, 3.05) is 19.1 Å². The van der Waals surface area contributed by atoms with E-state index in [2.05, 4.69) is 4.74 Å². The van der Waals surface area contributed by atoms with Crippen molar-refractivity contribution in [2.45, 2.75) is 5.25 Å². The van der Waals surface area contributed by atoms with Crippen LogP contribution in [0.1, 0.15) is 10.8 Å². The molecule has 2 N–H and O–H groups in total. The number of hydrogen-bond donors (Lipinski definition) is 1. The van der Waals surface area contributed by atoms with Crippen LogP contribution in [0.5, 0.6) is 0 Å². The lowest BCUT2D eigenvalue weighted by atomic mass is 10.1. The van der Waals surface area contributed by atoms with Gasteiger partial charge >= 0.3 is 5.97 Å². The van der Waals surface area contributed by atoms with Gasteiger partial charge in [0.25, 0.3) is 0 Å². The fourth-order valence-corrected chi connectivity index (χ4v) is 1.99. The first kappa shape index (κ1) is 11.8. The zero-order valence-electron chi connectivity index (χ0n) is 8.49. The molecule has 82 valence electrons. The molecule has 0 saturated heterocycles. The fraction of sp³-hybridized carbons (Fsp3) is 0.300. The molecule has 0 amide bonds. The van der Waals surface area contributed by atoms with Crippen LogP contribution in [0.2, 0.25) is 0 Å². The molecule has 5 heteroatoms. The van der Waals surface area contributed by atoms with Crippen molar-refractivity contribution in [3.63, 3.8) is 0 Å². The molecule has 0 heterocycles. The van der Waals surface area contributed by atoms with E-state index in [0.29, 0.717) is 5.56 Å². The van der Waals surface area contributed by atoms with Crippen LogP contribution >= 0.6 is 11.8 Å². The second-order valence-corrected chi connectivity index (χ2v) is 3.82. The Kier molecular flexibility index (Phi) is 3.96. The molecule has 0 fully saturated rings. The summed E-state index contributed by atoms with van der Waals surface area (Å²) in [6.45, 7) is 0. The average molecular weight is 229 g/mol. The van der Waals surface area contributed by atoms with Crippen molar-refractivity contribution in [1.82, 2.24) is 0 Å². The van der Waals surface area contributed by atoms with E-state index >= 15 is 0 Å². The molecule has 0 aliphatic rings. The summed E-state index contributed by atoms with van der Waals surface area (Å²) in [5.74, 6) is -0.949. The highest BCUT2D eigenvalue weighted by Crippen LogP contribution is 2.32. The third-order valence-corrected chi connectivity index (χ3v) is 2.94. The number of nitrogen functional groups attached to an aromatic ring is 1. The van der Waals surface area contributed by atoms with Gasteiger partial charge in [-0.15, -0.1) is 11.8 Å². The monoisotopic (exact) mass is 229 g/mol. The Balaban J connectivity index is 3.12. The molecule has 3 nitrogen and oxygen atoms in total. The number of rotatable bonds is 3. The minimum Gasteiger partial charge on any atom is -0.468 e. The highest BCUT2D eigenvalue weighted by molar-refractivity contribution is 7.99. The standard InChI is InChI=1S/C10H12FNO2S/c1-14-10(13)9(15-2)6-4-3-5-7(11)8(6)12/h3-5,9H,12H2,1-2H3. The quantitative estimate of drug-likeness (QED) is 0.636. The average Bonchev–Trinajstić information content (AvgIpc) is 2.24. The van der Waals surface area contributed by atoms with Gasteiger partial charge in [0.15, 0.2) is 0 Å². The van der Waals surface area contributed by atoms with E-state index in [-0.39, 0.29) is 5.69 Å². The van der Waals surface area contributed by atoms with Gasteiger partial charge in [0, 0.05) is 5.56 Å². The number of anilines is 1. The van der Waals surface area contributed by atoms with Gasteiger partial charge in [-0.05, 0) is 12.3 Å². The zero-order valence-corrected chi connectivity index (χ0v) is 9.31. The molecule has 1 aromatic carbocycles. The molecule has 1 aromatic rings. The number of esters is 1. The summed E-state index contributed by atoms with van der Waals surface area (Å²) in [4.78, 5) is 11.4. The molecular weight excluding hydrogens is 217 g/mol. The van der Waals surface area contributed by atoms with Crippen molar-refractivity contribution < 1.29 is 13.9 Å². The zero-order chi connectivity index (χ0) is 11.4. The lowest BCUT2D eigenvalue weighted by Crippen LogP contribution is -2.13. The van der Waals surface area contributed by atoms with Gasteiger partial charge in [0.2, 0.25) is 0 Å². The summed E-state index contributed by atoms with van der Waals surface area (Å²) in [5.41, 5.74) is 6.01. The van der Waals surface area contributed by atoms with Crippen LogP contribution in [-0.2, 0) is 9.53 Å². The maximum Gasteiger partial charge on any atom is 0.323 e. The van der Waals surface area contributed by atoms with Gasteiger partial charge < -0.3 is 10.5 Å². The van der Waals surface area contributed by atoms with E-state index in [1.165, 1.54) is 31.0 Å². The summed E-state index contributed by atoms with van der Waals surface area (Å²) >= 11 is 1.26. The summed E-state index contributed by atoms with van der Waals surface area (Å²) < 4.78 is 17.8. The number of para-hydroxylation sites is 1. The maximum atomic E-state index is 13.2. The van der Waals surface area contributed by atoms with Gasteiger partial charge in [0.1, 0.15) is 11.1 Å². The summed E-state index contributed by atoms with van der Waals surface area (Å²) in [5, 5.41) is -0.578. The molecule has 1 rings (SSSR count). The van der Waals surface area contributed by atoms with Crippen LogP contribution in [0.4, 0.5) is 10.1 Å². The van der Waals surface area contributed by atoms with Gasteiger partial charge in [-0.25, -0.2) is 4.39 Å². The van der Waals surface area contributed by atoms with Crippen molar-refractivity contribution >= 4 is 23.4 Å². The normalized spacial score (nSPS) is 12.2. The van der Waals surface area contributed by atoms with Crippen LogP contribution in [0.25, 0.3) is 0 Å². The van der Waals surface area contributed by atoms with Crippen molar-refractivity contribution in [3.8, 4) is 0 Å². The first-order valence-corrected chi connectivity index (χ1v) is 5.55. The Bertz CT molecular complexity index is 370. The van der Waals surface area contributed by atoms with E-state index < -0.39 is 17.0 Å². The number of carbonyl (C=O) groups excluding carboxylic acids is 1. The van der Waals surface area contributed by atoms with Crippen LogP contribution in [-0.4, -0.2) is 19.3 Å². The third kappa shape index (κ3) is 2.41. The molecule has 0 spiro atoms. The fourth-order valence-electron chi connectivity index (χ4n) is 1.24. The number of thioether (sulfide) groups is 1. The summed E-state index contributed by atoms with van der Waals surface area (Å²) in [6.07, 6.45) is 1.74. The Morgan fingerprint density at radius 3 is 2.80 bits per heavy atom. The molecule has 15 heavy (non-hydrogen) atoms. The number of carbonyl (C=O) groups is 1. The predicted molar refractivity (Wildman–Crippen MR) is 59.1 cm³/mol. The van der Waals surface area contributed by atoms with E-state index in [1.54, 1.807) is 12.3 Å². The Morgan fingerprint density at radius 1 is 1.60 bits per heavy atom. The number of ether oxygens (including phenoxy) is 1. The molecule has 0 bridgehead atoms. The van der Waals surface area contributed by atoms with Gasteiger partial charge in [-0.3, -0.25) is 4.79 Å². The van der Waals surface area contributed by atoms with Crippen molar-refractivity contribution in [1.29, 1.82) is 0 Å². The smallest absolute Gasteiger partial charge is 0.323 e. The SMILES string of the molecule is COC(=O)C(SC)c1cccc(F)c1N. The molecule has 0 aliphatic heterocycles. The van der Waals surface area contributed by atoms with E-state index in [1.807, 2.05) is 0 Å². The van der Waals surface area contributed by atoms with Gasteiger partial charge in [-0.1, -0.05) is 12.1 Å². The van der Waals surface area contributed by atoms with Crippen LogP contribution in [0.15, 0.2) is 18.2 Å². The number of methoxy groups -OCH3 is 1. The number of halogens is 1. The molecule has 1 atom stereocenters. The summed E-state index contributed by atoms with van der Waals surface area (Å²) in [7, 11) is 1.29. The number of nitrogens with two attached hydrogens (primary N) is 1. The highest BCUT2D eigenvalue weighted by Gasteiger charge is 2.23. The molecule has 0 saturated carbocycles. The lowest BCUT2D eigenvalue weighted by molar-refractivity contribution is -0.140. The maximum absolute atomic E-state index is 13.2. The number of hydrogen-bond acceptors (Lipinski definition) is 4. The molecule has 0 radical (unpaired) electrons. The van der Waals surface area contributed by atoms with Crippen LogP contribution in [0.3, 0.4) is 0 Å². The molecule has 0 aromatic heterocycles. The van der Waals surface area contributed by atoms with E-state index in [0.717, 1.165) is 0 Å². The Morgan fingerprint density at radius 2 is 2.27 bits per heavy atom.